The molecule has 0 unspecified atom stereocenters. The van der Waals surface area contributed by atoms with Gasteiger partial charge in [0, 0.05) is 12.4 Å². The van der Waals surface area contributed by atoms with Crippen molar-refractivity contribution < 1.29 is 0 Å². The number of halogens is 1. The summed E-state index contributed by atoms with van der Waals surface area (Å²) in [5.41, 5.74) is 1.06. The van der Waals surface area contributed by atoms with Gasteiger partial charge in [0.2, 0.25) is 0 Å². The highest BCUT2D eigenvalue weighted by molar-refractivity contribution is 6.29. The fourth-order valence-corrected chi connectivity index (χ4v) is 1.09. The maximum absolute atomic E-state index is 5.71. The van der Waals surface area contributed by atoms with Crippen LogP contribution in [-0.4, -0.2) is 19.7 Å². The molecule has 0 fully saturated rings. The summed E-state index contributed by atoms with van der Waals surface area (Å²) in [5, 5.41) is 4.48. The minimum atomic E-state index is 0.415. The van der Waals surface area contributed by atoms with Crippen molar-refractivity contribution >= 4 is 11.6 Å². The molecule has 0 saturated carbocycles. The van der Waals surface area contributed by atoms with Crippen LogP contribution >= 0.6 is 11.6 Å². The van der Waals surface area contributed by atoms with Gasteiger partial charge in [-0.1, -0.05) is 11.6 Å². The van der Waals surface area contributed by atoms with Gasteiger partial charge in [0.25, 0.3) is 5.95 Å². The SMILES string of the molecule is Cc1cnn(-c2nccc(Cl)n2)c1. The van der Waals surface area contributed by atoms with E-state index in [1.165, 1.54) is 0 Å². The molecular weight excluding hydrogens is 188 g/mol. The summed E-state index contributed by atoms with van der Waals surface area (Å²) in [6, 6.07) is 1.63. The molecule has 4 nitrogen and oxygen atoms in total. The molecule has 2 rings (SSSR count). The van der Waals surface area contributed by atoms with Gasteiger partial charge >= 0.3 is 0 Å². The van der Waals surface area contributed by atoms with E-state index in [0.717, 1.165) is 5.56 Å². The molecule has 0 aliphatic rings. The average Bonchev–Trinajstić information content (AvgIpc) is 2.52. The lowest BCUT2D eigenvalue weighted by Gasteiger charge is -1.97. The molecule has 0 amide bonds. The number of hydrogen-bond acceptors (Lipinski definition) is 3. The van der Waals surface area contributed by atoms with Crippen molar-refractivity contribution in [3.05, 3.63) is 35.4 Å². The molecule has 2 heterocycles. The summed E-state index contributed by atoms with van der Waals surface area (Å²) in [4.78, 5) is 8.04. The summed E-state index contributed by atoms with van der Waals surface area (Å²) in [6.45, 7) is 1.95. The Morgan fingerprint density at radius 1 is 1.46 bits per heavy atom. The van der Waals surface area contributed by atoms with Crippen molar-refractivity contribution in [1.82, 2.24) is 19.7 Å². The minimum absolute atomic E-state index is 0.415. The van der Waals surface area contributed by atoms with E-state index >= 15 is 0 Å². The number of aromatic nitrogens is 4. The molecule has 0 radical (unpaired) electrons. The van der Waals surface area contributed by atoms with Crippen LogP contribution in [-0.2, 0) is 0 Å². The first-order chi connectivity index (χ1) is 6.25. The van der Waals surface area contributed by atoms with Crippen molar-refractivity contribution in [2.75, 3.05) is 0 Å². The lowest BCUT2D eigenvalue weighted by atomic mass is 10.4. The van der Waals surface area contributed by atoms with Crippen molar-refractivity contribution in [1.29, 1.82) is 0 Å². The van der Waals surface area contributed by atoms with E-state index in [4.69, 9.17) is 11.6 Å². The van der Waals surface area contributed by atoms with E-state index in [1.807, 2.05) is 13.1 Å². The maximum atomic E-state index is 5.71. The molecule has 0 spiro atoms. The fourth-order valence-electron chi connectivity index (χ4n) is 0.960. The Labute approximate surface area is 80.2 Å². The molecule has 0 saturated heterocycles. The summed E-state index contributed by atoms with van der Waals surface area (Å²) in [6.07, 6.45) is 5.18. The first-order valence-electron chi connectivity index (χ1n) is 3.76. The standard InChI is InChI=1S/C8H7ClN4/c1-6-4-11-13(5-6)8-10-3-2-7(9)12-8/h2-5H,1H3. The number of aryl methyl sites for hydroxylation is 1. The minimum Gasteiger partial charge on any atom is -0.220 e. The van der Waals surface area contributed by atoms with Crippen LogP contribution in [0.15, 0.2) is 24.7 Å². The summed E-state index contributed by atoms with van der Waals surface area (Å²) >= 11 is 5.71. The molecule has 2 aromatic heterocycles. The summed E-state index contributed by atoms with van der Waals surface area (Å²) in [7, 11) is 0. The first-order valence-corrected chi connectivity index (χ1v) is 4.14. The first kappa shape index (κ1) is 8.19. The zero-order chi connectivity index (χ0) is 9.26. The van der Waals surface area contributed by atoms with E-state index in [2.05, 4.69) is 15.1 Å². The predicted molar refractivity (Wildman–Crippen MR) is 48.9 cm³/mol. The second kappa shape index (κ2) is 3.14. The molecule has 2 aromatic rings. The zero-order valence-corrected chi connectivity index (χ0v) is 7.73. The third-order valence-corrected chi connectivity index (χ3v) is 1.74. The van der Waals surface area contributed by atoms with Crippen LogP contribution in [0.5, 0.6) is 0 Å². The molecule has 0 N–H and O–H groups in total. The molecule has 13 heavy (non-hydrogen) atoms. The topological polar surface area (TPSA) is 43.6 Å². The molecular formula is C8H7ClN4. The lowest BCUT2D eigenvalue weighted by Crippen LogP contribution is -2.00. The van der Waals surface area contributed by atoms with E-state index in [0.29, 0.717) is 11.1 Å². The Morgan fingerprint density at radius 3 is 2.92 bits per heavy atom. The third-order valence-electron chi connectivity index (χ3n) is 1.53. The average molecular weight is 195 g/mol. The molecule has 0 bridgehead atoms. The van der Waals surface area contributed by atoms with Crippen LogP contribution in [0, 0.1) is 6.92 Å². The van der Waals surface area contributed by atoms with Gasteiger partial charge < -0.3 is 0 Å². The van der Waals surface area contributed by atoms with E-state index in [9.17, 15) is 0 Å². The second-order valence-corrected chi connectivity index (χ2v) is 3.03. The third kappa shape index (κ3) is 1.67. The monoisotopic (exact) mass is 194 g/mol. The van der Waals surface area contributed by atoms with Crippen LogP contribution < -0.4 is 0 Å². The Bertz CT molecular complexity index is 424. The Morgan fingerprint density at radius 2 is 2.31 bits per heavy atom. The normalized spacial score (nSPS) is 10.3. The lowest BCUT2D eigenvalue weighted by molar-refractivity contribution is 0.808. The second-order valence-electron chi connectivity index (χ2n) is 2.64. The maximum Gasteiger partial charge on any atom is 0.251 e. The quantitative estimate of drug-likeness (QED) is 0.648. The van der Waals surface area contributed by atoms with Crippen LogP contribution in [0.2, 0.25) is 5.15 Å². The van der Waals surface area contributed by atoms with Crippen LogP contribution in [0.1, 0.15) is 5.56 Å². The molecule has 66 valence electrons. The van der Waals surface area contributed by atoms with Crippen molar-refractivity contribution in [3.8, 4) is 5.95 Å². The molecule has 5 heteroatoms. The highest BCUT2D eigenvalue weighted by Crippen LogP contribution is 2.06. The van der Waals surface area contributed by atoms with Crippen LogP contribution in [0.25, 0.3) is 5.95 Å². The van der Waals surface area contributed by atoms with Crippen LogP contribution in [0.3, 0.4) is 0 Å². The summed E-state index contributed by atoms with van der Waals surface area (Å²) < 4.78 is 1.58. The molecule has 0 aliphatic heterocycles. The highest BCUT2D eigenvalue weighted by atomic mass is 35.5. The number of rotatable bonds is 1. The van der Waals surface area contributed by atoms with Crippen LogP contribution in [0.4, 0.5) is 0 Å². The molecule has 0 aromatic carbocycles. The van der Waals surface area contributed by atoms with Gasteiger partial charge in [0.05, 0.1) is 6.20 Å². The summed E-state index contributed by atoms with van der Waals surface area (Å²) in [5.74, 6) is 0.487. The Kier molecular flexibility index (Phi) is 1.98. The van der Waals surface area contributed by atoms with Crippen molar-refractivity contribution in [2.45, 2.75) is 6.92 Å². The van der Waals surface area contributed by atoms with Gasteiger partial charge in [0.15, 0.2) is 0 Å². The Hall–Kier alpha value is -1.42. The van der Waals surface area contributed by atoms with Crippen molar-refractivity contribution in [3.63, 3.8) is 0 Å². The Balaban J connectivity index is 2.46. The smallest absolute Gasteiger partial charge is 0.220 e. The van der Waals surface area contributed by atoms with E-state index < -0.39 is 0 Å². The van der Waals surface area contributed by atoms with Gasteiger partial charge in [-0.25, -0.2) is 9.67 Å². The van der Waals surface area contributed by atoms with Gasteiger partial charge in [-0.3, -0.25) is 0 Å². The zero-order valence-electron chi connectivity index (χ0n) is 6.98. The highest BCUT2D eigenvalue weighted by Gasteiger charge is 2.00. The van der Waals surface area contributed by atoms with Crippen molar-refractivity contribution in [2.24, 2.45) is 0 Å². The predicted octanol–water partition coefficient (Wildman–Crippen LogP) is 1.62. The fraction of sp³-hybridized carbons (Fsp3) is 0.125. The van der Waals surface area contributed by atoms with Gasteiger partial charge in [-0.2, -0.15) is 10.1 Å². The van der Waals surface area contributed by atoms with E-state index in [-0.39, 0.29) is 0 Å². The van der Waals surface area contributed by atoms with E-state index in [1.54, 1.807) is 23.1 Å². The van der Waals surface area contributed by atoms with Gasteiger partial charge in [-0.15, -0.1) is 0 Å². The van der Waals surface area contributed by atoms with Gasteiger partial charge in [-0.05, 0) is 18.6 Å². The largest absolute Gasteiger partial charge is 0.251 e. The molecule has 0 atom stereocenters. The molecule has 0 aliphatic carbocycles. The number of nitrogens with zero attached hydrogens (tertiary/aromatic N) is 4. The number of hydrogen-bond donors (Lipinski definition) is 0. The van der Waals surface area contributed by atoms with Gasteiger partial charge in [0.1, 0.15) is 5.15 Å².